The van der Waals surface area contributed by atoms with Crippen molar-refractivity contribution in [1.82, 2.24) is 10.2 Å². The Labute approximate surface area is 123 Å². The summed E-state index contributed by atoms with van der Waals surface area (Å²) in [5.74, 6) is 1.16. The van der Waals surface area contributed by atoms with Gasteiger partial charge in [-0.05, 0) is 31.7 Å². The fourth-order valence-electron chi connectivity index (χ4n) is 3.58. The van der Waals surface area contributed by atoms with Gasteiger partial charge >= 0.3 is 0 Å². The second-order valence-corrected chi connectivity index (χ2v) is 6.22. The molecule has 0 spiro atoms. The van der Waals surface area contributed by atoms with Crippen molar-refractivity contribution in [3.63, 3.8) is 0 Å². The molecule has 0 aromatic rings. The maximum atomic E-state index is 12.7. The van der Waals surface area contributed by atoms with Crippen LogP contribution >= 0.6 is 0 Å². The Kier molecular flexibility index (Phi) is 6.30. The molecule has 3 unspecified atom stereocenters. The number of amides is 1. The van der Waals surface area contributed by atoms with E-state index in [1.807, 2.05) is 0 Å². The van der Waals surface area contributed by atoms with Gasteiger partial charge in [0.2, 0.25) is 5.91 Å². The number of hydrogen-bond donors (Lipinski definition) is 1. The Bertz CT molecular complexity index is 309. The SMILES string of the molecule is CCCC1CCCN(C(=O)C2COCC2NCC)CC1. The van der Waals surface area contributed by atoms with E-state index in [0.717, 1.165) is 32.0 Å². The van der Waals surface area contributed by atoms with Gasteiger partial charge in [0.1, 0.15) is 0 Å². The topological polar surface area (TPSA) is 41.6 Å². The van der Waals surface area contributed by atoms with Gasteiger partial charge in [0, 0.05) is 19.1 Å². The lowest BCUT2D eigenvalue weighted by Gasteiger charge is -2.26. The number of likely N-dealkylation sites (N-methyl/N-ethyl adjacent to an activating group) is 1. The number of nitrogens with one attached hydrogen (secondary N) is 1. The van der Waals surface area contributed by atoms with Crippen LogP contribution in [0.2, 0.25) is 0 Å². The van der Waals surface area contributed by atoms with Crippen LogP contribution < -0.4 is 5.32 Å². The van der Waals surface area contributed by atoms with Crippen molar-refractivity contribution in [2.24, 2.45) is 11.8 Å². The van der Waals surface area contributed by atoms with Crippen molar-refractivity contribution >= 4 is 5.91 Å². The summed E-state index contributed by atoms with van der Waals surface area (Å²) >= 11 is 0. The number of carbonyl (C=O) groups is 1. The first-order valence-electron chi connectivity index (χ1n) is 8.36. The Morgan fingerprint density at radius 1 is 1.25 bits per heavy atom. The van der Waals surface area contributed by atoms with E-state index in [9.17, 15) is 4.79 Å². The minimum atomic E-state index is 0.0256. The van der Waals surface area contributed by atoms with Gasteiger partial charge in [-0.2, -0.15) is 0 Å². The third-order valence-corrected chi connectivity index (χ3v) is 4.72. The molecule has 2 rings (SSSR count). The van der Waals surface area contributed by atoms with Crippen LogP contribution in [0.4, 0.5) is 0 Å². The molecule has 2 fully saturated rings. The van der Waals surface area contributed by atoms with E-state index < -0.39 is 0 Å². The van der Waals surface area contributed by atoms with Crippen molar-refractivity contribution < 1.29 is 9.53 Å². The van der Waals surface area contributed by atoms with Crippen LogP contribution in [0, 0.1) is 11.8 Å². The molecular weight excluding hydrogens is 252 g/mol. The molecule has 4 heteroatoms. The Balaban J connectivity index is 1.88. The van der Waals surface area contributed by atoms with Crippen molar-refractivity contribution in [2.45, 2.75) is 52.0 Å². The number of likely N-dealkylation sites (tertiary alicyclic amines) is 1. The molecule has 1 amide bonds. The quantitative estimate of drug-likeness (QED) is 0.839. The van der Waals surface area contributed by atoms with E-state index in [4.69, 9.17) is 4.74 Å². The number of rotatable bonds is 5. The predicted octanol–water partition coefficient (Wildman–Crippen LogP) is 2.04. The molecule has 2 aliphatic heterocycles. The van der Waals surface area contributed by atoms with Crippen LogP contribution in [0.1, 0.15) is 46.0 Å². The molecule has 2 saturated heterocycles. The fraction of sp³-hybridized carbons (Fsp3) is 0.938. The van der Waals surface area contributed by atoms with Crippen LogP contribution in [-0.2, 0) is 9.53 Å². The zero-order valence-electron chi connectivity index (χ0n) is 13.1. The lowest BCUT2D eigenvalue weighted by atomic mass is 9.96. The Hall–Kier alpha value is -0.610. The van der Waals surface area contributed by atoms with Gasteiger partial charge in [-0.25, -0.2) is 0 Å². The van der Waals surface area contributed by atoms with Gasteiger partial charge in [-0.1, -0.05) is 26.7 Å². The minimum absolute atomic E-state index is 0.0256. The summed E-state index contributed by atoms with van der Waals surface area (Å²) in [4.78, 5) is 14.8. The monoisotopic (exact) mass is 282 g/mol. The summed E-state index contributed by atoms with van der Waals surface area (Å²) in [6.45, 7) is 8.39. The maximum absolute atomic E-state index is 12.7. The highest BCUT2D eigenvalue weighted by atomic mass is 16.5. The molecule has 0 radical (unpaired) electrons. The third-order valence-electron chi connectivity index (χ3n) is 4.72. The first-order chi connectivity index (χ1) is 9.76. The molecule has 4 nitrogen and oxygen atoms in total. The maximum Gasteiger partial charge on any atom is 0.229 e. The number of ether oxygens (including phenoxy) is 1. The molecule has 0 bridgehead atoms. The van der Waals surface area contributed by atoms with Crippen molar-refractivity contribution in [2.75, 3.05) is 32.8 Å². The summed E-state index contributed by atoms with van der Waals surface area (Å²) in [5, 5.41) is 3.39. The first kappa shape index (κ1) is 15.8. The third kappa shape index (κ3) is 3.95. The van der Waals surface area contributed by atoms with Gasteiger partial charge in [0.05, 0.1) is 19.1 Å². The van der Waals surface area contributed by atoms with Crippen LogP contribution in [0.3, 0.4) is 0 Å². The summed E-state index contributed by atoms with van der Waals surface area (Å²) in [6.07, 6.45) is 6.20. The average molecular weight is 282 g/mol. The number of hydrogen-bond acceptors (Lipinski definition) is 3. The molecule has 0 aromatic carbocycles. The zero-order valence-corrected chi connectivity index (χ0v) is 13.1. The smallest absolute Gasteiger partial charge is 0.229 e. The lowest BCUT2D eigenvalue weighted by Crippen LogP contribution is -2.46. The molecule has 2 heterocycles. The highest BCUT2D eigenvalue weighted by Crippen LogP contribution is 2.24. The largest absolute Gasteiger partial charge is 0.379 e. The highest BCUT2D eigenvalue weighted by Gasteiger charge is 2.36. The van der Waals surface area contributed by atoms with E-state index in [0.29, 0.717) is 19.1 Å². The van der Waals surface area contributed by atoms with E-state index in [-0.39, 0.29) is 12.0 Å². The summed E-state index contributed by atoms with van der Waals surface area (Å²) in [5.41, 5.74) is 0. The standard InChI is InChI=1S/C16H30N2O2/c1-3-6-13-7-5-9-18(10-8-13)16(19)14-11-20-12-15(14)17-4-2/h13-15,17H,3-12H2,1-2H3. The molecule has 0 aromatic heterocycles. The van der Waals surface area contributed by atoms with E-state index in [2.05, 4.69) is 24.1 Å². The Morgan fingerprint density at radius 2 is 2.10 bits per heavy atom. The van der Waals surface area contributed by atoms with Crippen molar-refractivity contribution in [3.05, 3.63) is 0 Å². The van der Waals surface area contributed by atoms with Gasteiger partial charge in [0.25, 0.3) is 0 Å². The fourth-order valence-corrected chi connectivity index (χ4v) is 3.58. The molecule has 0 saturated carbocycles. The van der Waals surface area contributed by atoms with Gasteiger partial charge < -0.3 is 15.0 Å². The van der Waals surface area contributed by atoms with E-state index in [1.165, 1.54) is 25.7 Å². The molecular formula is C16H30N2O2. The number of carbonyl (C=O) groups excluding carboxylic acids is 1. The van der Waals surface area contributed by atoms with Crippen molar-refractivity contribution in [1.29, 1.82) is 0 Å². The lowest BCUT2D eigenvalue weighted by molar-refractivity contribution is -0.136. The summed E-state index contributed by atoms with van der Waals surface area (Å²) in [7, 11) is 0. The second kappa shape index (κ2) is 7.99. The van der Waals surface area contributed by atoms with Crippen LogP contribution in [0.5, 0.6) is 0 Å². The highest BCUT2D eigenvalue weighted by molar-refractivity contribution is 5.80. The van der Waals surface area contributed by atoms with Gasteiger partial charge in [-0.15, -0.1) is 0 Å². The van der Waals surface area contributed by atoms with Crippen LogP contribution in [0.25, 0.3) is 0 Å². The average Bonchev–Trinajstić information content (AvgIpc) is 2.77. The molecule has 3 atom stereocenters. The Morgan fingerprint density at radius 3 is 2.85 bits per heavy atom. The zero-order chi connectivity index (χ0) is 14.4. The summed E-state index contributed by atoms with van der Waals surface area (Å²) in [6, 6.07) is 0.210. The molecule has 1 N–H and O–H groups in total. The van der Waals surface area contributed by atoms with Crippen molar-refractivity contribution in [3.8, 4) is 0 Å². The molecule has 2 aliphatic rings. The van der Waals surface area contributed by atoms with Gasteiger partial charge in [0.15, 0.2) is 0 Å². The van der Waals surface area contributed by atoms with E-state index in [1.54, 1.807) is 0 Å². The second-order valence-electron chi connectivity index (χ2n) is 6.22. The minimum Gasteiger partial charge on any atom is -0.379 e. The van der Waals surface area contributed by atoms with E-state index >= 15 is 0 Å². The molecule has 116 valence electrons. The predicted molar refractivity (Wildman–Crippen MR) is 80.6 cm³/mol. The van der Waals surface area contributed by atoms with Crippen LogP contribution in [-0.4, -0.2) is 49.7 Å². The molecule has 0 aliphatic carbocycles. The van der Waals surface area contributed by atoms with Gasteiger partial charge in [-0.3, -0.25) is 4.79 Å². The van der Waals surface area contributed by atoms with Crippen LogP contribution in [0.15, 0.2) is 0 Å². The normalized spacial score (nSPS) is 31.3. The molecule has 20 heavy (non-hydrogen) atoms. The first-order valence-corrected chi connectivity index (χ1v) is 8.36. The number of nitrogens with zero attached hydrogens (tertiary/aromatic N) is 1. The summed E-state index contributed by atoms with van der Waals surface area (Å²) < 4.78 is 5.52.